The first-order valence-corrected chi connectivity index (χ1v) is 10.2. The number of nitro groups is 1. The van der Waals surface area contributed by atoms with Gasteiger partial charge in [0.25, 0.3) is 5.69 Å². The molecule has 164 valence electrons. The van der Waals surface area contributed by atoms with E-state index in [1.807, 2.05) is 24.3 Å². The molecule has 0 aliphatic carbocycles. The van der Waals surface area contributed by atoms with Crippen LogP contribution in [0.25, 0.3) is 5.57 Å². The lowest BCUT2D eigenvalue weighted by molar-refractivity contribution is -0.383. The average molecular weight is 425 g/mol. The zero-order valence-corrected chi connectivity index (χ0v) is 17.8. The van der Waals surface area contributed by atoms with E-state index < -0.39 is 10.9 Å². The van der Waals surface area contributed by atoms with E-state index in [0.29, 0.717) is 5.69 Å². The summed E-state index contributed by atoms with van der Waals surface area (Å²) in [6.07, 6.45) is 3.20. The molecular formula is C23H27N3O5. The number of hydrogen-bond donors (Lipinski definition) is 1. The second-order valence-electron chi connectivity index (χ2n) is 7.20. The number of likely N-dealkylation sites (N-methyl/N-ethyl adjacent to an activating group) is 1. The second kappa shape index (κ2) is 10.7. The molecule has 8 heteroatoms. The Hall–Kier alpha value is -3.23. The molecule has 0 atom stereocenters. The van der Waals surface area contributed by atoms with Crippen LogP contribution in [-0.4, -0.2) is 55.8 Å². The van der Waals surface area contributed by atoms with E-state index in [0.717, 1.165) is 37.3 Å². The lowest BCUT2D eigenvalue weighted by Gasteiger charge is -2.25. The highest BCUT2D eigenvalue weighted by atomic mass is 16.6. The maximum absolute atomic E-state index is 12.1. The maximum atomic E-state index is 12.1. The van der Waals surface area contributed by atoms with Gasteiger partial charge in [-0.1, -0.05) is 25.1 Å². The zero-order chi connectivity index (χ0) is 22.2. The minimum absolute atomic E-state index is 0.0851. The summed E-state index contributed by atoms with van der Waals surface area (Å²) >= 11 is 0. The lowest BCUT2D eigenvalue weighted by atomic mass is 9.99. The van der Waals surface area contributed by atoms with Crippen LogP contribution >= 0.6 is 0 Å². The third-order valence-corrected chi connectivity index (χ3v) is 5.20. The van der Waals surface area contributed by atoms with E-state index in [1.165, 1.54) is 30.9 Å². The molecule has 0 saturated heterocycles. The molecule has 1 aliphatic rings. The lowest BCUT2D eigenvalue weighted by Crippen LogP contribution is -2.27. The average Bonchev–Trinajstić information content (AvgIpc) is 2.79. The van der Waals surface area contributed by atoms with E-state index in [2.05, 4.69) is 23.2 Å². The fraction of sp³-hybridized carbons (Fsp3) is 0.348. The van der Waals surface area contributed by atoms with Crippen molar-refractivity contribution in [2.75, 3.05) is 45.3 Å². The van der Waals surface area contributed by atoms with Gasteiger partial charge < -0.3 is 14.8 Å². The predicted molar refractivity (Wildman–Crippen MR) is 120 cm³/mol. The van der Waals surface area contributed by atoms with Crippen LogP contribution in [-0.2, 0) is 9.47 Å². The van der Waals surface area contributed by atoms with Crippen molar-refractivity contribution in [2.45, 2.75) is 13.3 Å². The van der Waals surface area contributed by atoms with Gasteiger partial charge in [-0.3, -0.25) is 15.0 Å². The number of hydrogen-bond acceptors (Lipinski definition) is 7. The Labute approximate surface area is 181 Å². The molecule has 0 fully saturated rings. The van der Waals surface area contributed by atoms with Gasteiger partial charge in [-0.2, -0.15) is 0 Å². The van der Waals surface area contributed by atoms with Crippen LogP contribution in [0.5, 0.6) is 0 Å². The molecule has 2 aromatic rings. The van der Waals surface area contributed by atoms with Crippen molar-refractivity contribution in [1.82, 2.24) is 4.90 Å². The molecule has 0 radical (unpaired) electrons. The number of benzene rings is 2. The zero-order valence-electron chi connectivity index (χ0n) is 17.8. The van der Waals surface area contributed by atoms with E-state index in [4.69, 9.17) is 9.47 Å². The Morgan fingerprint density at radius 1 is 1.23 bits per heavy atom. The summed E-state index contributed by atoms with van der Waals surface area (Å²) in [5.41, 5.74) is 3.36. The van der Waals surface area contributed by atoms with Crippen molar-refractivity contribution < 1.29 is 19.2 Å². The number of rotatable bonds is 9. The number of nitrogens with one attached hydrogen (secondary N) is 1. The summed E-state index contributed by atoms with van der Waals surface area (Å²) < 4.78 is 9.88. The predicted octanol–water partition coefficient (Wildman–Crippen LogP) is 4.25. The van der Waals surface area contributed by atoms with Gasteiger partial charge in [-0.25, -0.2) is 4.79 Å². The van der Waals surface area contributed by atoms with Crippen molar-refractivity contribution in [3.05, 3.63) is 69.8 Å². The first-order valence-electron chi connectivity index (χ1n) is 10.2. The molecule has 0 spiro atoms. The number of esters is 1. The standard InChI is InChI=1S/C23H27N3O5/c1-3-25-11-9-17(10-12-25)18-5-4-6-20(15-18)24-21-8-7-19(16-22(21)26(28)29)23(27)31-14-13-30-2/h4-9,15-16,24H,3,10-14H2,1-2H3. The molecule has 0 amide bonds. The van der Waals surface area contributed by atoms with E-state index in [1.54, 1.807) is 0 Å². The van der Waals surface area contributed by atoms with Gasteiger partial charge in [0.15, 0.2) is 0 Å². The molecule has 0 saturated carbocycles. The Balaban J connectivity index is 1.78. The summed E-state index contributed by atoms with van der Waals surface area (Å²) in [6.45, 7) is 5.48. The van der Waals surface area contributed by atoms with Gasteiger partial charge >= 0.3 is 5.97 Å². The Morgan fingerprint density at radius 2 is 2.06 bits per heavy atom. The molecule has 2 aromatic carbocycles. The van der Waals surface area contributed by atoms with Crippen LogP contribution < -0.4 is 5.32 Å². The van der Waals surface area contributed by atoms with Crippen molar-refractivity contribution in [1.29, 1.82) is 0 Å². The highest BCUT2D eigenvalue weighted by Crippen LogP contribution is 2.31. The fourth-order valence-electron chi connectivity index (χ4n) is 3.43. The molecule has 0 unspecified atom stereocenters. The number of methoxy groups -OCH3 is 1. The summed E-state index contributed by atoms with van der Waals surface area (Å²) in [6, 6.07) is 12.1. The Kier molecular flexibility index (Phi) is 7.75. The topological polar surface area (TPSA) is 93.9 Å². The van der Waals surface area contributed by atoms with E-state index >= 15 is 0 Å². The number of ether oxygens (including phenoxy) is 2. The Morgan fingerprint density at radius 3 is 2.74 bits per heavy atom. The first-order chi connectivity index (χ1) is 15.0. The molecule has 1 aliphatic heterocycles. The Bertz CT molecular complexity index is 973. The molecule has 31 heavy (non-hydrogen) atoms. The van der Waals surface area contributed by atoms with Gasteiger partial charge in [0, 0.05) is 32.0 Å². The van der Waals surface area contributed by atoms with Gasteiger partial charge in [-0.15, -0.1) is 0 Å². The SMILES string of the molecule is CCN1CC=C(c2cccc(Nc3ccc(C(=O)OCCOC)cc3[N+](=O)[O-])c2)CC1. The van der Waals surface area contributed by atoms with E-state index in [-0.39, 0.29) is 24.5 Å². The summed E-state index contributed by atoms with van der Waals surface area (Å²) in [5.74, 6) is -0.626. The highest BCUT2D eigenvalue weighted by molar-refractivity contribution is 5.91. The fourth-order valence-corrected chi connectivity index (χ4v) is 3.43. The molecule has 8 nitrogen and oxygen atoms in total. The molecule has 0 aromatic heterocycles. The highest BCUT2D eigenvalue weighted by Gasteiger charge is 2.19. The quantitative estimate of drug-likeness (QED) is 0.278. The van der Waals surface area contributed by atoms with Gasteiger partial charge in [0.05, 0.1) is 17.1 Å². The molecule has 1 N–H and O–H groups in total. The number of nitro benzene ring substituents is 1. The van der Waals surface area contributed by atoms with Crippen LogP contribution in [0.4, 0.5) is 17.1 Å². The van der Waals surface area contributed by atoms with Crippen LogP contribution in [0.1, 0.15) is 29.3 Å². The summed E-state index contributed by atoms with van der Waals surface area (Å²) in [4.78, 5) is 25.6. The van der Waals surface area contributed by atoms with Gasteiger partial charge in [0.1, 0.15) is 12.3 Å². The molecule has 0 bridgehead atoms. The summed E-state index contributed by atoms with van der Waals surface area (Å²) in [7, 11) is 1.50. The smallest absolute Gasteiger partial charge is 0.338 e. The van der Waals surface area contributed by atoms with Gasteiger partial charge in [0.2, 0.25) is 0 Å². The van der Waals surface area contributed by atoms with Crippen LogP contribution in [0.2, 0.25) is 0 Å². The minimum Gasteiger partial charge on any atom is -0.460 e. The van der Waals surface area contributed by atoms with Gasteiger partial charge in [-0.05, 0) is 48.4 Å². The number of carbonyl (C=O) groups excluding carboxylic acids is 1. The molecule has 1 heterocycles. The number of anilines is 2. The largest absolute Gasteiger partial charge is 0.460 e. The van der Waals surface area contributed by atoms with E-state index in [9.17, 15) is 14.9 Å². The first kappa shape index (κ1) is 22.5. The van der Waals surface area contributed by atoms with Crippen molar-refractivity contribution in [2.24, 2.45) is 0 Å². The van der Waals surface area contributed by atoms with Crippen LogP contribution in [0, 0.1) is 10.1 Å². The maximum Gasteiger partial charge on any atom is 0.338 e. The molecule has 3 rings (SSSR count). The van der Waals surface area contributed by atoms with Crippen molar-refractivity contribution in [3.63, 3.8) is 0 Å². The normalized spacial score (nSPS) is 14.1. The van der Waals surface area contributed by atoms with Crippen molar-refractivity contribution >= 4 is 28.6 Å². The van der Waals surface area contributed by atoms with Crippen LogP contribution in [0.3, 0.4) is 0 Å². The monoisotopic (exact) mass is 425 g/mol. The minimum atomic E-state index is -0.626. The second-order valence-corrected chi connectivity index (χ2v) is 7.20. The van der Waals surface area contributed by atoms with Crippen molar-refractivity contribution in [3.8, 4) is 0 Å². The third kappa shape index (κ3) is 5.90. The number of carbonyl (C=O) groups is 1. The summed E-state index contributed by atoms with van der Waals surface area (Å²) in [5, 5.41) is 14.7. The number of nitrogens with zero attached hydrogens (tertiary/aromatic N) is 2. The van der Waals surface area contributed by atoms with Crippen LogP contribution in [0.15, 0.2) is 48.5 Å². The third-order valence-electron chi connectivity index (χ3n) is 5.20. The molecular weight excluding hydrogens is 398 g/mol.